The summed E-state index contributed by atoms with van der Waals surface area (Å²) in [4.78, 5) is 64.3. The van der Waals surface area contributed by atoms with Gasteiger partial charge in [-0.2, -0.15) is 0 Å². The van der Waals surface area contributed by atoms with Crippen molar-refractivity contribution in [2.75, 3.05) is 33.3 Å². The van der Waals surface area contributed by atoms with Crippen LogP contribution in [0.3, 0.4) is 0 Å². The van der Waals surface area contributed by atoms with Gasteiger partial charge in [0.1, 0.15) is 0 Å². The Hall–Kier alpha value is 0.230. The highest BCUT2D eigenvalue weighted by molar-refractivity contribution is 7.51. The van der Waals surface area contributed by atoms with Gasteiger partial charge in [-0.1, -0.05) is 0 Å². The fraction of sp³-hybridized carbons (Fsp3) is 0.833. The third-order valence-corrected chi connectivity index (χ3v) is 0.129. The van der Waals surface area contributed by atoms with E-state index in [1.165, 1.54) is 0 Å². The molecule has 0 amide bonds. The number of rotatable bonds is 1. The average molecular weight is 442 g/mol. The minimum absolute atomic E-state index is 0.333. The van der Waals surface area contributed by atoms with Crippen LogP contribution in [0.4, 0.5) is 0 Å². The first-order valence-corrected chi connectivity index (χ1v) is 13.4. The molecular weight excluding hydrogens is 416 g/mol. The summed E-state index contributed by atoms with van der Waals surface area (Å²) in [5.74, 6) is 0. The molecular formula is C6H26N2O12P4. The smallest absolute Gasteiger partial charge is 0.322 e. The Morgan fingerprint density at radius 3 is 0.708 bits per heavy atom. The molecule has 0 aromatic carbocycles. The molecule has 0 unspecified atom stereocenters. The topological polar surface area (TPSA) is 268 Å². The minimum atomic E-state index is -3.64. The molecule has 0 saturated carbocycles. The van der Waals surface area contributed by atoms with E-state index in [1.54, 1.807) is 0 Å². The average Bonchev–Trinajstić information content (AvgIpc) is 2.05. The van der Waals surface area contributed by atoms with Crippen LogP contribution in [0, 0.1) is 0 Å². The van der Waals surface area contributed by atoms with E-state index >= 15 is 0 Å². The first-order valence-electron chi connectivity index (χ1n) is 5.16. The van der Waals surface area contributed by atoms with Crippen molar-refractivity contribution in [1.82, 2.24) is 0 Å². The van der Waals surface area contributed by atoms with Gasteiger partial charge in [0.2, 0.25) is 0 Å². The summed E-state index contributed by atoms with van der Waals surface area (Å²) < 4.78 is 37.3. The van der Waals surface area contributed by atoms with E-state index in [0.29, 0.717) is 6.67 Å². The summed E-state index contributed by atoms with van der Waals surface area (Å²) in [6, 6.07) is 0. The second-order valence-corrected chi connectivity index (χ2v) is 10.4. The second kappa shape index (κ2) is 16.7. The third-order valence-electron chi connectivity index (χ3n) is 0.129. The Labute approximate surface area is 139 Å². The lowest BCUT2D eigenvalue weighted by Crippen LogP contribution is -1.90. The zero-order valence-electron chi connectivity index (χ0n) is 13.4. The van der Waals surface area contributed by atoms with Crippen LogP contribution >= 0.6 is 30.4 Å². The van der Waals surface area contributed by atoms with Gasteiger partial charge in [-0.05, 0) is 6.72 Å². The molecule has 0 aliphatic carbocycles. The molecule has 0 atom stereocenters. The Bertz CT molecular complexity index is 359. The van der Waals surface area contributed by atoms with Gasteiger partial charge in [0.15, 0.2) is 0 Å². The minimum Gasteiger partial charge on any atom is -0.325 e. The first-order chi connectivity index (χ1) is 9.91. The molecule has 18 heteroatoms. The molecule has 0 rings (SSSR count). The van der Waals surface area contributed by atoms with Gasteiger partial charge >= 0.3 is 30.4 Å². The highest BCUT2D eigenvalue weighted by Crippen LogP contribution is 2.27. The molecule has 14 nitrogen and oxygen atoms in total. The van der Waals surface area contributed by atoms with Gasteiger partial charge in [0.25, 0.3) is 0 Å². The van der Waals surface area contributed by atoms with Crippen LogP contribution in [0.5, 0.6) is 0 Å². The van der Waals surface area contributed by atoms with Gasteiger partial charge in [-0.25, -0.2) is 0 Å². The van der Waals surface area contributed by atoms with Gasteiger partial charge in [0.05, 0.1) is 6.67 Å². The predicted octanol–water partition coefficient (Wildman–Crippen LogP) is -1.22. The summed E-state index contributed by atoms with van der Waals surface area (Å²) >= 11 is 0. The molecule has 0 heterocycles. The number of hydrogen-bond acceptors (Lipinski definition) is 6. The van der Waals surface area contributed by atoms with Crippen molar-refractivity contribution in [2.24, 2.45) is 10.7 Å². The lowest BCUT2D eigenvalue weighted by Gasteiger charge is -1.84. The first kappa shape index (κ1) is 35.4. The van der Waals surface area contributed by atoms with Crippen molar-refractivity contribution in [3.8, 4) is 0 Å². The lowest BCUT2D eigenvalue weighted by atomic mass is 11.2. The van der Waals surface area contributed by atoms with E-state index in [1.807, 2.05) is 0 Å². The van der Waals surface area contributed by atoms with Crippen molar-refractivity contribution >= 4 is 37.1 Å². The number of hydrogen-bond donors (Lipinski definition) is 9. The molecule has 152 valence electrons. The molecule has 0 radical (unpaired) electrons. The standard InChI is InChI=1S/C2H6N2.4CH5O3P/c1-4-2-3;4*1-5(2,3)4/h1-3H2;4*1H3,(H2,2,3,4). The highest BCUT2D eigenvalue weighted by atomic mass is 31.2. The van der Waals surface area contributed by atoms with E-state index in [9.17, 15) is 18.3 Å². The lowest BCUT2D eigenvalue weighted by molar-refractivity contribution is 0.379. The maximum atomic E-state index is 9.33. The molecule has 0 saturated heterocycles. The molecule has 24 heavy (non-hydrogen) atoms. The molecule has 0 aliphatic heterocycles. The van der Waals surface area contributed by atoms with Crippen LogP contribution < -0.4 is 5.73 Å². The predicted molar refractivity (Wildman–Crippen MR) is 90.5 cm³/mol. The van der Waals surface area contributed by atoms with Crippen molar-refractivity contribution in [3.05, 3.63) is 0 Å². The fourth-order valence-electron chi connectivity index (χ4n) is 0. The van der Waals surface area contributed by atoms with Crippen molar-refractivity contribution in [2.45, 2.75) is 0 Å². The summed E-state index contributed by atoms with van der Waals surface area (Å²) in [5, 5.41) is 0. The Kier molecular flexibility index (Phi) is 24.6. The summed E-state index contributed by atoms with van der Waals surface area (Å²) in [5.41, 5.74) is 4.80. The van der Waals surface area contributed by atoms with E-state index in [-0.39, 0.29) is 0 Å². The molecule has 0 bridgehead atoms. The van der Waals surface area contributed by atoms with E-state index in [2.05, 4.69) is 11.7 Å². The van der Waals surface area contributed by atoms with Crippen LogP contribution in [0.15, 0.2) is 4.99 Å². The van der Waals surface area contributed by atoms with Crippen LogP contribution in [-0.2, 0) is 18.3 Å². The van der Waals surface area contributed by atoms with E-state index in [0.717, 1.165) is 26.7 Å². The monoisotopic (exact) mass is 442 g/mol. The molecule has 0 fully saturated rings. The van der Waals surface area contributed by atoms with Gasteiger partial charge in [0, 0.05) is 26.7 Å². The SMILES string of the molecule is C=NCN.CP(=O)(O)O.CP(=O)(O)O.CP(=O)(O)O.CP(=O)(O)O. The third kappa shape index (κ3) is 6620. The Morgan fingerprint density at radius 1 is 0.667 bits per heavy atom. The largest absolute Gasteiger partial charge is 0.325 e. The fourth-order valence-corrected chi connectivity index (χ4v) is 0. The van der Waals surface area contributed by atoms with Gasteiger partial charge in [-0.3, -0.25) is 23.3 Å². The van der Waals surface area contributed by atoms with Gasteiger partial charge in [-0.15, -0.1) is 0 Å². The zero-order valence-corrected chi connectivity index (χ0v) is 17.0. The second-order valence-electron chi connectivity index (χ2n) is 3.75. The van der Waals surface area contributed by atoms with Crippen molar-refractivity contribution in [3.63, 3.8) is 0 Å². The number of aliphatic imine (C=N–C) groups is 1. The summed E-state index contributed by atoms with van der Waals surface area (Å²) in [6.07, 6.45) is 0. The van der Waals surface area contributed by atoms with E-state index < -0.39 is 30.4 Å². The van der Waals surface area contributed by atoms with Crippen LogP contribution in [-0.4, -0.2) is 79.2 Å². The Morgan fingerprint density at radius 2 is 0.708 bits per heavy atom. The molecule has 0 aromatic rings. The number of nitrogens with zero attached hydrogens (tertiary/aromatic N) is 1. The Balaban J connectivity index is -0.0000000628. The van der Waals surface area contributed by atoms with Crippen molar-refractivity contribution < 1.29 is 57.4 Å². The normalized spacial score (nSPS) is 10.9. The molecule has 10 N–H and O–H groups in total. The summed E-state index contributed by atoms with van der Waals surface area (Å²) in [7, 11) is -14.6. The van der Waals surface area contributed by atoms with Crippen LogP contribution in [0.1, 0.15) is 0 Å². The zero-order chi connectivity index (χ0) is 21.4. The van der Waals surface area contributed by atoms with Gasteiger partial charge < -0.3 is 44.9 Å². The molecule has 0 spiro atoms. The quantitative estimate of drug-likeness (QED) is 0.170. The summed E-state index contributed by atoms with van der Waals surface area (Å²) in [6.45, 7) is 6.85. The maximum Gasteiger partial charge on any atom is 0.322 e. The van der Waals surface area contributed by atoms with Crippen LogP contribution in [0.2, 0.25) is 0 Å². The number of nitrogens with two attached hydrogens (primary N) is 1. The maximum absolute atomic E-state index is 9.33. The highest BCUT2D eigenvalue weighted by Gasteiger charge is 1.96. The molecule has 0 aromatic heterocycles. The van der Waals surface area contributed by atoms with E-state index in [4.69, 9.17) is 44.9 Å². The van der Waals surface area contributed by atoms with Crippen molar-refractivity contribution in [1.29, 1.82) is 0 Å². The van der Waals surface area contributed by atoms with Crippen LogP contribution in [0.25, 0.3) is 0 Å². The molecule has 0 aliphatic rings.